The van der Waals surface area contributed by atoms with Gasteiger partial charge in [0.05, 0.1) is 17.3 Å². The number of carbonyl (C=O) groups excluding carboxylic acids is 2. The molecule has 2 N–H and O–H groups in total. The number of thioether (sulfide) groups is 1. The molecule has 2 aromatic carbocycles. The summed E-state index contributed by atoms with van der Waals surface area (Å²) in [5.74, 6) is -1.51. The fraction of sp³-hybridized carbons (Fsp3) is 0.200. The largest absolute Gasteiger partial charge is 0.272 e. The first-order chi connectivity index (χ1) is 14.3. The van der Waals surface area contributed by atoms with E-state index in [1.54, 1.807) is 0 Å². The predicted molar refractivity (Wildman–Crippen MR) is 121 cm³/mol. The fourth-order valence-electron chi connectivity index (χ4n) is 3.56. The molecule has 10 heteroatoms. The van der Waals surface area contributed by atoms with Crippen LogP contribution in [0.4, 0.5) is 0 Å². The third-order valence-corrected chi connectivity index (χ3v) is 6.67. The predicted octanol–water partition coefficient (Wildman–Crippen LogP) is 3.86. The van der Waals surface area contributed by atoms with E-state index < -0.39 is 19.7 Å². The van der Waals surface area contributed by atoms with Crippen LogP contribution < -0.4 is 10.9 Å². The molecule has 30 heavy (non-hydrogen) atoms. The highest BCUT2D eigenvalue weighted by molar-refractivity contribution is 8.07. The van der Waals surface area contributed by atoms with Gasteiger partial charge < -0.3 is 0 Å². The second kappa shape index (κ2) is 8.23. The molecule has 0 saturated heterocycles. The summed E-state index contributed by atoms with van der Waals surface area (Å²) in [6, 6.07) is 18.4. The molecule has 0 saturated carbocycles. The Morgan fingerprint density at radius 3 is 2.10 bits per heavy atom. The number of hydrogen-bond acceptors (Lipinski definition) is 5. The number of halogens is 3. The molecule has 0 radical (unpaired) electrons. The number of nitrogens with zero attached hydrogens (tertiary/aromatic N) is 2. The topological polar surface area (TPSA) is 82.9 Å². The van der Waals surface area contributed by atoms with Crippen molar-refractivity contribution >= 4 is 69.8 Å². The van der Waals surface area contributed by atoms with Crippen molar-refractivity contribution in [2.24, 2.45) is 16.1 Å². The number of rotatable bonds is 5. The first-order valence-electron chi connectivity index (χ1n) is 8.94. The van der Waals surface area contributed by atoms with Gasteiger partial charge in [0.25, 0.3) is 5.91 Å². The molecule has 4 rings (SSSR count). The monoisotopic (exact) mass is 480 g/mol. The summed E-state index contributed by atoms with van der Waals surface area (Å²) >= 11 is 19.2. The highest BCUT2D eigenvalue weighted by Crippen LogP contribution is 2.52. The number of hydrogen-bond donors (Lipinski definition) is 2. The second-order valence-electron chi connectivity index (χ2n) is 6.74. The van der Waals surface area contributed by atoms with Crippen LogP contribution in [0.15, 0.2) is 70.9 Å². The van der Waals surface area contributed by atoms with Gasteiger partial charge in [-0.05, 0) is 17.5 Å². The number of alkyl halides is 3. The van der Waals surface area contributed by atoms with Gasteiger partial charge in [-0.2, -0.15) is 10.2 Å². The van der Waals surface area contributed by atoms with Crippen LogP contribution in [0.3, 0.4) is 0 Å². The van der Waals surface area contributed by atoms with Crippen molar-refractivity contribution in [3.8, 4) is 0 Å². The lowest BCUT2D eigenvalue weighted by Crippen LogP contribution is -2.48. The van der Waals surface area contributed by atoms with E-state index in [9.17, 15) is 9.59 Å². The standard InChI is InChI=1S/C20H15Cl3N4O2S/c21-20(22,23)30-19(16(25-27-18(19)29)13-9-5-2-6-10-13)11-14-15(24-26-17(14)28)12-7-3-1-4-8-12/h1-10,14H,11H2,(H,26,28)(H,27,29). The Labute approximate surface area is 192 Å². The minimum absolute atomic E-state index is 0.0186. The van der Waals surface area contributed by atoms with Crippen molar-refractivity contribution < 1.29 is 9.59 Å². The van der Waals surface area contributed by atoms with Gasteiger partial charge in [0, 0.05) is 0 Å². The summed E-state index contributed by atoms with van der Waals surface area (Å²) in [6.07, 6.45) is 0.0186. The van der Waals surface area contributed by atoms with Crippen LogP contribution in [-0.4, -0.2) is 31.1 Å². The Balaban J connectivity index is 1.78. The Kier molecular flexibility index (Phi) is 5.81. The van der Waals surface area contributed by atoms with E-state index in [2.05, 4.69) is 21.1 Å². The average Bonchev–Trinajstić information content (AvgIpc) is 3.23. The zero-order chi connectivity index (χ0) is 21.4. The second-order valence-corrected chi connectivity index (χ2v) is 11.2. The zero-order valence-corrected chi connectivity index (χ0v) is 18.4. The Bertz CT molecular complexity index is 1040. The first-order valence-corrected chi connectivity index (χ1v) is 10.9. The zero-order valence-electron chi connectivity index (χ0n) is 15.3. The molecule has 0 bridgehead atoms. The van der Waals surface area contributed by atoms with E-state index in [-0.39, 0.29) is 12.3 Å². The van der Waals surface area contributed by atoms with E-state index in [1.165, 1.54) is 0 Å². The molecule has 2 aliphatic rings. The van der Waals surface area contributed by atoms with Crippen LogP contribution in [0.25, 0.3) is 0 Å². The van der Waals surface area contributed by atoms with Crippen LogP contribution in [0, 0.1) is 5.92 Å². The lowest BCUT2D eigenvalue weighted by molar-refractivity contribution is -0.123. The van der Waals surface area contributed by atoms with Crippen LogP contribution in [0.2, 0.25) is 0 Å². The lowest BCUT2D eigenvalue weighted by Gasteiger charge is -2.32. The van der Waals surface area contributed by atoms with Gasteiger partial charge in [-0.1, -0.05) is 107 Å². The van der Waals surface area contributed by atoms with E-state index in [1.807, 2.05) is 60.7 Å². The van der Waals surface area contributed by atoms with Gasteiger partial charge in [0.2, 0.25) is 9.03 Å². The van der Waals surface area contributed by atoms with Crippen molar-refractivity contribution in [3.63, 3.8) is 0 Å². The summed E-state index contributed by atoms with van der Waals surface area (Å²) in [5, 5.41) is 8.44. The minimum atomic E-state index is -1.82. The Hall–Kier alpha value is -2.06. The number of hydrazone groups is 2. The maximum Gasteiger partial charge on any atom is 0.262 e. The van der Waals surface area contributed by atoms with Crippen LogP contribution in [-0.2, 0) is 9.59 Å². The normalized spacial score (nSPS) is 23.6. The molecule has 0 fully saturated rings. The summed E-state index contributed by atoms with van der Waals surface area (Å²) in [6.45, 7) is 0. The molecule has 2 heterocycles. The molecule has 2 aromatic rings. The third-order valence-electron chi connectivity index (χ3n) is 4.85. The molecular formula is C20H15Cl3N4O2S. The molecule has 154 valence electrons. The number of nitrogens with one attached hydrogen (secondary N) is 2. The van der Waals surface area contributed by atoms with Crippen molar-refractivity contribution in [2.75, 3.05) is 0 Å². The molecule has 6 nitrogen and oxygen atoms in total. The quantitative estimate of drug-likeness (QED) is 0.636. The number of amides is 2. The van der Waals surface area contributed by atoms with Gasteiger partial charge in [0.15, 0.2) is 0 Å². The Morgan fingerprint density at radius 2 is 1.50 bits per heavy atom. The van der Waals surface area contributed by atoms with Gasteiger partial charge in [0.1, 0.15) is 4.75 Å². The minimum Gasteiger partial charge on any atom is -0.272 e. The molecular weight excluding hydrogens is 467 g/mol. The maximum atomic E-state index is 13.1. The number of carbonyl (C=O) groups is 2. The molecule has 2 unspecified atom stereocenters. The third kappa shape index (κ3) is 4.07. The summed E-state index contributed by atoms with van der Waals surface area (Å²) < 4.78 is -3.23. The highest BCUT2D eigenvalue weighted by atomic mass is 35.6. The van der Waals surface area contributed by atoms with Crippen LogP contribution >= 0.6 is 46.6 Å². The number of benzene rings is 2. The smallest absolute Gasteiger partial charge is 0.262 e. The molecule has 2 atom stereocenters. The molecule has 2 amide bonds. The first kappa shape index (κ1) is 21.2. The van der Waals surface area contributed by atoms with E-state index in [0.717, 1.165) is 17.3 Å². The fourth-order valence-corrected chi connectivity index (χ4v) is 5.79. The molecule has 0 aromatic heterocycles. The summed E-state index contributed by atoms with van der Waals surface area (Å²) in [5.41, 5.74) is 7.40. The van der Waals surface area contributed by atoms with Crippen LogP contribution in [0.5, 0.6) is 0 Å². The average molecular weight is 482 g/mol. The van der Waals surface area contributed by atoms with E-state index in [4.69, 9.17) is 34.8 Å². The summed E-state index contributed by atoms with van der Waals surface area (Å²) in [4.78, 5) is 25.8. The van der Waals surface area contributed by atoms with E-state index >= 15 is 0 Å². The highest BCUT2D eigenvalue weighted by Gasteiger charge is 2.56. The van der Waals surface area contributed by atoms with Crippen molar-refractivity contribution in [1.82, 2.24) is 10.9 Å². The molecule has 0 aliphatic carbocycles. The Morgan fingerprint density at radius 1 is 0.900 bits per heavy atom. The molecule has 0 spiro atoms. The van der Waals surface area contributed by atoms with Gasteiger partial charge in [-0.15, -0.1) is 0 Å². The van der Waals surface area contributed by atoms with Gasteiger partial charge in [-0.3, -0.25) is 9.59 Å². The molecule has 2 aliphatic heterocycles. The SMILES string of the molecule is O=C1NN=C(c2ccccc2)C1CC1(SC(Cl)(Cl)Cl)C(=O)NN=C1c1ccccc1. The van der Waals surface area contributed by atoms with Gasteiger partial charge in [-0.25, -0.2) is 10.9 Å². The van der Waals surface area contributed by atoms with Crippen molar-refractivity contribution in [2.45, 2.75) is 14.3 Å². The van der Waals surface area contributed by atoms with E-state index in [0.29, 0.717) is 17.0 Å². The van der Waals surface area contributed by atoms with Crippen molar-refractivity contribution in [3.05, 3.63) is 71.8 Å². The maximum absolute atomic E-state index is 13.1. The van der Waals surface area contributed by atoms with Crippen molar-refractivity contribution in [1.29, 1.82) is 0 Å². The lowest BCUT2D eigenvalue weighted by atomic mass is 9.83. The van der Waals surface area contributed by atoms with Crippen LogP contribution in [0.1, 0.15) is 17.5 Å². The summed E-state index contributed by atoms with van der Waals surface area (Å²) in [7, 11) is 0. The van der Waals surface area contributed by atoms with Gasteiger partial charge >= 0.3 is 0 Å².